The zero-order valence-corrected chi connectivity index (χ0v) is 35.1. The van der Waals surface area contributed by atoms with Crippen LogP contribution >= 0.6 is 0 Å². The molecule has 3 fully saturated rings. The summed E-state index contributed by atoms with van der Waals surface area (Å²) >= 11 is 0. The molecule has 1 aromatic heterocycles. The molecule has 2 aromatic carbocycles. The lowest BCUT2D eigenvalue weighted by molar-refractivity contribution is -0.337. The fourth-order valence-corrected chi connectivity index (χ4v) is 7.39. The van der Waals surface area contributed by atoms with Crippen molar-refractivity contribution in [2.24, 2.45) is 0 Å². The number of fused-ring (bicyclic) bond motifs is 1. The maximum atomic E-state index is 14.8. The fraction of sp³-hybridized carbons (Fsp3) is 0.548. The van der Waals surface area contributed by atoms with Gasteiger partial charge in [-0.3, -0.25) is 14.4 Å². The summed E-state index contributed by atoms with van der Waals surface area (Å²) in [6.45, 7) is 6.00. The van der Waals surface area contributed by atoms with E-state index in [1.807, 2.05) is 0 Å². The highest BCUT2D eigenvalue weighted by Crippen LogP contribution is 2.42. The summed E-state index contributed by atoms with van der Waals surface area (Å²) in [7, 11) is 1.44. The number of rotatable bonds is 13. The van der Waals surface area contributed by atoms with Gasteiger partial charge >= 0.3 is 11.9 Å². The van der Waals surface area contributed by atoms with E-state index in [1.54, 1.807) is 32.1 Å². The van der Waals surface area contributed by atoms with Crippen LogP contribution in [0.1, 0.15) is 40.2 Å². The molecule has 21 nitrogen and oxygen atoms in total. The third-order valence-corrected chi connectivity index (χ3v) is 10.6. The number of hydrogen-bond acceptors (Lipinski definition) is 21. The van der Waals surface area contributed by atoms with Crippen LogP contribution in [0.5, 0.6) is 23.0 Å². The summed E-state index contributed by atoms with van der Waals surface area (Å²) < 4.78 is 57.5. The molecule has 3 aromatic rings. The zero-order valence-electron chi connectivity index (χ0n) is 35.1. The van der Waals surface area contributed by atoms with Gasteiger partial charge in [-0.25, -0.2) is 0 Å². The quantitative estimate of drug-likeness (QED) is 0.0805. The molecule has 3 aliphatic heterocycles. The lowest BCUT2D eigenvalue weighted by Crippen LogP contribution is -2.64. The smallest absolute Gasteiger partial charge is 0.303 e. The van der Waals surface area contributed by atoms with Crippen molar-refractivity contribution in [3.8, 4) is 34.3 Å². The minimum Gasteiger partial charge on any atom is -0.507 e. The van der Waals surface area contributed by atoms with E-state index in [0.29, 0.717) is 5.75 Å². The normalized spacial score (nSPS) is 32.1. The van der Waals surface area contributed by atoms with Crippen LogP contribution < -0.4 is 19.6 Å². The highest BCUT2D eigenvalue weighted by Gasteiger charge is 2.52. The van der Waals surface area contributed by atoms with Crippen LogP contribution in [0.15, 0.2) is 51.2 Å². The summed E-state index contributed by atoms with van der Waals surface area (Å²) in [5.74, 6) is -2.94. The number of aromatic hydroxyl groups is 1. The molecule has 0 radical (unpaired) electrons. The Balaban J connectivity index is 1.46. The number of phenols is 1. The number of aliphatic hydroxyl groups excluding tert-OH is 7. The maximum absolute atomic E-state index is 14.8. The Labute approximate surface area is 359 Å². The van der Waals surface area contributed by atoms with Crippen molar-refractivity contribution < 1.29 is 97.5 Å². The van der Waals surface area contributed by atoms with Gasteiger partial charge in [-0.1, -0.05) is 11.6 Å². The third kappa shape index (κ3) is 10.1. The van der Waals surface area contributed by atoms with Gasteiger partial charge in [0, 0.05) is 31.0 Å². The predicted octanol–water partition coefficient (Wildman–Crippen LogP) is -0.327. The molecule has 0 amide bonds. The Morgan fingerprint density at radius 1 is 0.810 bits per heavy atom. The number of ether oxygens (including phenoxy) is 9. The first-order valence-electron chi connectivity index (χ1n) is 19.9. The molecule has 8 N–H and O–H groups in total. The summed E-state index contributed by atoms with van der Waals surface area (Å²) in [4.78, 5) is 38.8. The molecule has 0 bridgehead atoms. The van der Waals surface area contributed by atoms with E-state index in [2.05, 4.69) is 0 Å². The Hall–Kier alpha value is -4.91. The monoisotopic (exact) mass is 892 g/mol. The zero-order chi connectivity index (χ0) is 46.0. The number of allylic oxidation sites excluding steroid dienone is 2. The minimum atomic E-state index is -1.95. The summed E-state index contributed by atoms with van der Waals surface area (Å²) in [5.41, 5.74) is -0.0286. The van der Waals surface area contributed by atoms with E-state index in [9.17, 15) is 55.2 Å². The second kappa shape index (κ2) is 19.9. The molecule has 6 rings (SSSR count). The van der Waals surface area contributed by atoms with Crippen molar-refractivity contribution in [3.05, 3.63) is 57.8 Å². The van der Waals surface area contributed by atoms with Crippen LogP contribution in [-0.2, 0) is 44.4 Å². The second-order valence-corrected chi connectivity index (χ2v) is 15.5. The van der Waals surface area contributed by atoms with Gasteiger partial charge in [0.15, 0.2) is 24.3 Å². The summed E-state index contributed by atoms with van der Waals surface area (Å²) in [6, 6.07) is 7.21. The van der Waals surface area contributed by atoms with Crippen molar-refractivity contribution in [3.63, 3.8) is 0 Å². The largest absolute Gasteiger partial charge is 0.507 e. The van der Waals surface area contributed by atoms with Crippen LogP contribution in [0.4, 0.5) is 0 Å². The first-order chi connectivity index (χ1) is 29.8. The molecule has 0 saturated carbocycles. The van der Waals surface area contributed by atoms with E-state index in [0.717, 1.165) is 25.5 Å². The average Bonchev–Trinajstić information content (AvgIpc) is 3.23. The van der Waals surface area contributed by atoms with E-state index in [-0.39, 0.29) is 34.6 Å². The van der Waals surface area contributed by atoms with Gasteiger partial charge in [-0.15, -0.1) is 0 Å². The van der Waals surface area contributed by atoms with Gasteiger partial charge < -0.3 is 87.9 Å². The van der Waals surface area contributed by atoms with Crippen LogP contribution in [0.2, 0.25) is 0 Å². The molecule has 0 unspecified atom stereocenters. The van der Waals surface area contributed by atoms with Crippen LogP contribution in [0, 0.1) is 0 Å². The molecule has 346 valence electrons. The van der Waals surface area contributed by atoms with Gasteiger partial charge in [0.25, 0.3) is 0 Å². The molecule has 63 heavy (non-hydrogen) atoms. The topological polar surface area (TPSA) is 309 Å². The molecular formula is C42H52O21. The first kappa shape index (κ1) is 47.6. The highest BCUT2D eigenvalue weighted by atomic mass is 16.7. The molecule has 3 saturated heterocycles. The number of benzene rings is 2. The molecular weight excluding hydrogens is 840 g/mol. The maximum Gasteiger partial charge on any atom is 0.303 e. The number of carbonyl (C=O) groups excluding carboxylic acids is 2. The molecule has 0 spiro atoms. The van der Waals surface area contributed by atoms with Crippen LogP contribution in [0.3, 0.4) is 0 Å². The Bertz CT molecular complexity index is 2180. The third-order valence-electron chi connectivity index (χ3n) is 10.6. The van der Waals surface area contributed by atoms with E-state index >= 15 is 0 Å². The van der Waals surface area contributed by atoms with Gasteiger partial charge in [0.05, 0.1) is 26.4 Å². The number of esters is 2. The first-order valence-corrected chi connectivity index (χ1v) is 19.9. The van der Waals surface area contributed by atoms with Crippen LogP contribution in [-0.4, -0.2) is 159 Å². The standard InChI is InChI=1S/C42H52O21/c1-16(2)7-12-22-25(59-41-31(51)30(50)28(48)26(14-43)60-41)13-23(46)27-29(49)38(35(61-36(22)27)20-8-10-21(54-6)11-9-20)63-42-33(53)39(34(17(3)56-42)57-18(4)44)62-40-32(52)37(58-19(5)45)24(47)15-55-40/h7-11,13,17,24,26,28,30-34,37,39-43,46-48,50-53H,12,14-15H2,1-6H3/t17-,24+,26-,28+,30-,31+,32-,33-,34-,37+,39+,40-,41+,42-/m0/s1. The van der Waals surface area contributed by atoms with Crippen molar-refractivity contribution >= 4 is 22.9 Å². The van der Waals surface area contributed by atoms with Crippen molar-refractivity contribution in [2.45, 2.75) is 127 Å². The number of aliphatic hydroxyl groups is 7. The molecule has 21 heteroatoms. The molecule has 4 heterocycles. The number of carbonyl (C=O) groups is 2. The van der Waals surface area contributed by atoms with Gasteiger partial charge in [0.2, 0.25) is 23.8 Å². The number of hydrogen-bond donors (Lipinski definition) is 8. The number of phenolic OH excluding ortho intramolecular Hbond substituents is 1. The Kier molecular flexibility index (Phi) is 15.0. The van der Waals surface area contributed by atoms with Crippen molar-refractivity contribution in [1.29, 1.82) is 0 Å². The number of methoxy groups -OCH3 is 1. The summed E-state index contributed by atoms with van der Waals surface area (Å²) in [6.07, 6.45) is -20.9. The highest BCUT2D eigenvalue weighted by molar-refractivity contribution is 5.91. The SMILES string of the molecule is COc1ccc(-c2oc3c(CC=C(C)C)c(O[C@@H]4O[C@@H](CO)[C@@H](O)[C@H](O)[C@H]4O)cc(O)c3c(=O)c2O[C@@H]2O[C@@H](C)[C@H](OC(C)=O)[C@H](O[C@@H]3OC[C@@H](O)[C@@H](OC(C)=O)[C@@H]3O)[C@@H]2O)cc1. The van der Waals surface area contributed by atoms with E-state index in [1.165, 1.54) is 26.2 Å². The molecule has 14 atom stereocenters. The summed E-state index contributed by atoms with van der Waals surface area (Å²) in [5, 5.41) is 85.7. The minimum absolute atomic E-state index is 0.0000166. The molecule has 3 aliphatic rings. The van der Waals surface area contributed by atoms with Crippen molar-refractivity contribution in [1.82, 2.24) is 0 Å². The predicted molar refractivity (Wildman–Crippen MR) is 212 cm³/mol. The lowest BCUT2D eigenvalue weighted by atomic mass is 9.98. The Morgan fingerprint density at radius 3 is 2.06 bits per heavy atom. The fourth-order valence-electron chi connectivity index (χ4n) is 7.39. The average molecular weight is 893 g/mol. The Morgan fingerprint density at radius 2 is 1.44 bits per heavy atom. The van der Waals surface area contributed by atoms with E-state index in [4.69, 9.17) is 47.0 Å². The van der Waals surface area contributed by atoms with E-state index < -0.39 is 133 Å². The van der Waals surface area contributed by atoms with Gasteiger partial charge in [-0.2, -0.15) is 0 Å². The molecule has 0 aliphatic carbocycles. The van der Waals surface area contributed by atoms with Gasteiger partial charge in [-0.05, 0) is 51.5 Å². The van der Waals surface area contributed by atoms with Crippen LogP contribution in [0.25, 0.3) is 22.3 Å². The second-order valence-electron chi connectivity index (χ2n) is 15.5. The van der Waals surface area contributed by atoms with Crippen molar-refractivity contribution in [2.75, 3.05) is 20.3 Å². The lowest BCUT2D eigenvalue weighted by Gasteiger charge is -2.45. The van der Waals surface area contributed by atoms with Gasteiger partial charge in [0.1, 0.15) is 77.0 Å².